The van der Waals surface area contributed by atoms with E-state index in [2.05, 4.69) is 9.97 Å². The van der Waals surface area contributed by atoms with E-state index in [1.807, 2.05) is 30.3 Å². The molecule has 0 unspecified atom stereocenters. The summed E-state index contributed by atoms with van der Waals surface area (Å²) in [4.78, 5) is 19.2. The number of aromatic nitrogens is 2. The van der Waals surface area contributed by atoms with Gasteiger partial charge in [0.2, 0.25) is 0 Å². The van der Waals surface area contributed by atoms with Crippen molar-refractivity contribution in [1.82, 2.24) is 9.97 Å². The quantitative estimate of drug-likeness (QED) is 0.575. The van der Waals surface area contributed by atoms with Crippen molar-refractivity contribution >= 4 is 22.0 Å². The lowest BCUT2D eigenvalue weighted by Gasteiger charge is -2.00. The van der Waals surface area contributed by atoms with Crippen LogP contribution in [0.2, 0.25) is 0 Å². The predicted molar refractivity (Wildman–Crippen MR) is 84.1 cm³/mol. The molecule has 22 heavy (non-hydrogen) atoms. The summed E-state index contributed by atoms with van der Waals surface area (Å²) < 4.78 is 10.3. The van der Waals surface area contributed by atoms with Crippen molar-refractivity contribution in [2.24, 2.45) is 0 Å². The summed E-state index contributed by atoms with van der Waals surface area (Å²) in [6, 6.07) is 14.4. The number of benzene rings is 2. The van der Waals surface area contributed by atoms with E-state index in [1.165, 1.54) is 6.07 Å². The van der Waals surface area contributed by atoms with Gasteiger partial charge in [-0.3, -0.25) is 0 Å². The van der Waals surface area contributed by atoms with Gasteiger partial charge in [-0.25, -0.2) is 9.78 Å². The van der Waals surface area contributed by atoms with Gasteiger partial charge in [0, 0.05) is 17.0 Å². The minimum Gasteiger partial charge on any atom is -0.497 e. The van der Waals surface area contributed by atoms with Gasteiger partial charge < -0.3 is 14.1 Å². The van der Waals surface area contributed by atoms with E-state index in [-0.39, 0.29) is 5.63 Å². The zero-order valence-electron chi connectivity index (χ0n) is 11.8. The maximum Gasteiger partial charge on any atom is 0.336 e. The normalized spacial score (nSPS) is 11.1. The predicted octanol–water partition coefficient (Wildman–Crippen LogP) is 3.34. The zero-order valence-corrected chi connectivity index (χ0v) is 11.8. The van der Waals surface area contributed by atoms with Crippen LogP contribution in [-0.2, 0) is 0 Å². The van der Waals surface area contributed by atoms with Crippen LogP contribution in [0.1, 0.15) is 0 Å². The summed E-state index contributed by atoms with van der Waals surface area (Å²) in [5, 5.41) is 0.813. The first-order valence-corrected chi connectivity index (χ1v) is 6.81. The Labute approximate surface area is 125 Å². The third-order valence-electron chi connectivity index (χ3n) is 3.61. The molecule has 5 nitrogen and oxygen atoms in total. The average molecular weight is 292 g/mol. The van der Waals surface area contributed by atoms with Crippen molar-refractivity contribution in [1.29, 1.82) is 0 Å². The second kappa shape index (κ2) is 4.73. The molecule has 2 heterocycles. The Balaban J connectivity index is 1.92. The van der Waals surface area contributed by atoms with Gasteiger partial charge in [0.05, 0.1) is 18.1 Å². The van der Waals surface area contributed by atoms with Crippen LogP contribution in [0.4, 0.5) is 0 Å². The number of imidazole rings is 1. The van der Waals surface area contributed by atoms with Gasteiger partial charge in [-0.05, 0) is 42.5 Å². The molecule has 0 aliphatic heterocycles. The number of nitrogens with zero attached hydrogens (tertiary/aromatic N) is 1. The molecule has 2 aromatic carbocycles. The Hall–Kier alpha value is -3.08. The van der Waals surface area contributed by atoms with Crippen LogP contribution in [0.3, 0.4) is 0 Å². The molecule has 2 aromatic heterocycles. The van der Waals surface area contributed by atoms with Crippen molar-refractivity contribution in [3.8, 4) is 17.1 Å². The van der Waals surface area contributed by atoms with Crippen LogP contribution in [0, 0.1) is 0 Å². The van der Waals surface area contributed by atoms with Gasteiger partial charge in [0.15, 0.2) is 0 Å². The van der Waals surface area contributed by atoms with Crippen LogP contribution < -0.4 is 10.4 Å². The molecule has 0 aliphatic rings. The minimum absolute atomic E-state index is 0.363. The summed E-state index contributed by atoms with van der Waals surface area (Å²) in [5.41, 5.74) is 2.81. The maximum atomic E-state index is 11.3. The summed E-state index contributed by atoms with van der Waals surface area (Å²) >= 11 is 0. The smallest absolute Gasteiger partial charge is 0.336 e. The van der Waals surface area contributed by atoms with Gasteiger partial charge in [-0.1, -0.05) is 0 Å². The molecule has 5 heteroatoms. The highest BCUT2D eigenvalue weighted by Gasteiger charge is 2.10. The number of aromatic amines is 1. The van der Waals surface area contributed by atoms with Crippen LogP contribution in [-0.4, -0.2) is 17.1 Å². The second-order valence-electron chi connectivity index (χ2n) is 4.94. The number of rotatable bonds is 2. The highest BCUT2D eigenvalue weighted by Crippen LogP contribution is 2.27. The third-order valence-corrected chi connectivity index (χ3v) is 3.61. The van der Waals surface area contributed by atoms with E-state index in [0.29, 0.717) is 5.58 Å². The lowest BCUT2D eigenvalue weighted by Crippen LogP contribution is -1.94. The third kappa shape index (κ3) is 1.95. The highest BCUT2D eigenvalue weighted by molar-refractivity contribution is 6.02. The average Bonchev–Trinajstić information content (AvgIpc) is 2.99. The summed E-state index contributed by atoms with van der Waals surface area (Å²) in [7, 11) is 1.64. The molecule has 0 amide bonds. The molecule has 0 bridgehead atoms. The lowest BCUT2D eigenvalue weighted by molar-refractivity contribution is 0.415. The molecule has 4 aromatic rings. The topological polar surface area (TPSA) is 68.1 Å². The van der Waals surface area contributed by atoms with Gasteiger partial charge in [0.1, 0.15) is 17.2 Å². The number of H-pyrrole nitrogens is 1. The van der Waals surface area contributed by atoms with Crippen molar-refractivity contribution < 1.29 is 9.15 Å². The molecule has 0 saturated carbocycles. The molecule has 0 fully saturated rings. The number of ether oxygens (including phenoxy) is 1. The summed E-state index contributed by atoms with van der Waals surface area (Å²) in [5.74, 6) is 1.56. The van der Waals surface area contributed by atoms with E-state index >= 15 is 0 Å². The number of fused-ring (bicyclic) bond motifs is 3. The molecule has 0 radical (unpaired) electrons. The minimum atomic E-state index is -0.363. The van der Waals surface area contributed by atoms with Crippen LogP contribution in [0.15, 0.2) is 57.7 Å². The fourth-order valence-electron chi connectivity index (χ4n) is 2.51. The van der Waals surface area contributed by atoms with E-state index in [0.717, 1.165) is 33.6 Å². The van der Waals surface area contributed by atoms with Gasteiger partial charge in [0.25, 0.3) is 0 Å². The van der Waals surface area contributed by atoms with E-state index in [9.17, 15) is 4.79 Å². The van der Waals surface area contributed by atoms with Gasteiger partial charge in [-0.2, -0.15) is 0 Å². The van der Waals surface area contributed by atoms with Crippen LogP contribution in [0.5, 0.6) is 5.75 Å². The van der Waals surface area contributed by atoms with Crippen molar-refractivity contribution in [3.05, 3.63) is 59.0 Å². The first-order chi connectivity index (χ1) is 10.7. The number of nitrogens with one attached hydrogen (secondary N) is 1. The molecular formula is C17H12N2O3. The Morgan fingerprint density at radius 3 is 2.64 bits per heavy atom. The Kier molecular flexibility index (Phi) is 2.72. The monoisotopic (exact) mass is 292 g/mol. The highest BCUT2D eigenvalue weighted by atomic mass is 16.5. The standard InChI is InChI=1S/C17H12N2O3/c1-21-11-4-2-10(3-5-11)17-18-13-7-8-14-12(16(13)19-17)6-9-15(20)22-14/h2-9H,1H3,(H,18,19). The first-order valence-electron chi connectivity index (χ1n) is 6.81. The lowest BCUT2D eigenvalue weighted by atomic mass is 10.2. The zero-order chi connectivity index (χ0) is 15.1. The Morgan fingerprint density at radius 1 is 1.05 bits per heavy atom. The largest absolute Gasteiger partial charge is 0.497 e. The number of hydrogen-bond acceptors (Lipinski definition) is 4. The molecule has 0 spiro atoms. The van der Waals surface area contributed by atoms with Crippen molar-refractivity contribution in [2.45, 2.75) is 0 Å². The van der Waals surface area contributed by atoms with Gasteiger partial charge >= 0.3 is 5.63 Å². The molecule has 1 N–H and O–H groups in total. The summed E-state index contributed by atoms with van der Waals surface area (Å²) in [6.07, 6.45) is 0. The fourth-order valence-corrected chi connectivity index (χ4v) is 2.51. The molecule has 0 saturated heterocycles. The number of methoxy groups -OCH3 is 1. The molecule has 0 atom stereocenters. The van der Waals surface area contributed by atoms with Crippen LogP contribution in [0.25, 0.3) is 33.4 Å². The SMILES string of the molecule is COc1ccc(-c2nc3c(ccc4oc(=O)ccc43)[nH]2)cc1. The first kappa shape index (κ1) is 12.6. The van der Waals surface area contributed by atoms with E-state index in [1.54, 1.807) is 19.2 Å². The molecule has 0 aliphatic carbocycles. The Morgan fingerprint density at radius 2 is 1.86 bits per heavy atom. The van der Waals surface area contributed by atoms with E-state index in [4.69, 9.17) is 9.15 Å². The van der Waals surface area contributed by atoms with E-state index < -0.39 is 0 Å². The summed E-state index contributed by atoms with van der Waals surface area (Å²) in [6.45, 7) is 0. The molecule has 4 rings (SSSR count). The van der Waals surface area contributed by atoms with Crippen molar-refractivity contribution in [3.63, 3.8) is 0 Å². The van der Waals surface area contributed by atoms with Crippen LogP contribution >= 0.6 is 0 Å². The number of hydrogen-bond donors (Lipinski definition) is 1. The molecule has 108 valence electrons. The Bertz CT molecular complexity index is 1030. The van der Waals surface area contributed by atoms with Gasteiger partial charge in [-0.15, -0.1) is 0 Å². The fraction of sp³-hybridized carbons (Fsp3) is 0.0588. The van der Waals surface area contributed by atoms with Crippen molar-refractivity contribution in [2.75, 3.05) is 7.11 Å². The molecular weight excluding hydrogens is 280 g/mol. The maximum absolute atomic E-state index is 11.3. The second-order valence-corrected chi connectivity index (χ2v) is 4.94.